The summed E-state index contributed by atoms with van der Waals surface area (Å²) in [6.45, 7) is 2.23. The molecule has 4 rings (SSSR count). The fourth-order valence-electron chi connectivity index (χ4n) is 3.59. The predicted molar refractivity (Wildman–Crippen MR) is 96.6 cm³/mol. The van der Waals surface area contributed by atoms with Gasteiger partial charge in [-0.05, 0) is 38.7 Å². The van der Waals surface area contributed by atoms with E-state index < -0.39 is 6.04 Å². The minimum Gasteiger partial charge on any atom is -0.352 e. The fourth-order valence-corrected chi connectivity index (χ4v) is 3.59. The topological polar surface area (TPSA) is 84.3 Å². The number of carbonyl (C=O) groups is 2. The number of aromatic nitrogens is 2. The third kappa shape index (κ3) is 3.09. The second kappa shape index (κ2) is 6.55. The molecule has 136 valence electrons. The molecule has 1 saturated heterocycles. The van der Waals surface area contributed by atoms with Crippen molar-refractivity contribution in [2.45, 2.75) is 51.2 Å². The zero-order chi connectivity index (χ0) is 18.3. The lowest BCUT2D eigenvalue weighted by Crippen LogP contribution is -2.48. The number of hydrogen-bond donors (Lipinski definition) is 1. The Kier molecular flexibility index (Phi) is 4.22. The Morgan fingerprint density at radius 2 is 1.92 bits per heavy atom. The van der Waals surface area contributed by atoms with Crippen LogP contribution in [-0.2, 0) is 16.1 Å². The molecule has 1 aliphatic heterocycles. The molecular weight excluding hydrogens is 332 g/mol. The molecule has 2 amide bonds. The molecular formula is C19H22N4O3. The fraction of sp³-hybridized carbons (Fsp3) is 0.474. The highest BCUT2D eigenvalue weighted by atomic mass is 16.2. The average Bonchev–Trinajstić information content (AvgIpc) is 3.30. The second-order valence-corrected chi connectivity index (χ2v) is 7.12. The van der Waals surface area contributed by atoms with Gasteiger partial charge in [-0.25, -0.2) is 4.68 Å². The molecule has 0 spiro atoms. The molecule has 26 heavy (non-hydrogen) atoms. The van der Waals surface area contributed by atoms with Gasteiger partial charge in [0.05, 0.1) is 11.1 Å². The van der Waals surface area contributed by atoms with E-state index in [0.29, 0.717) is 24.0 Å². The van der Waals surface area contributed by atoms with E-state index in [1.807, 2.05) is 19.1 Å². The number of fused-ring (bicyclic) bond motifs is 1. The van der Waals surface area contributed by atoms with Crippen LogP contribution in [0.2, 0.25) is 0 Å². The Hall–Kier alpha value is -2.70. The molecule has 1 aromatic carbocycles. The zero-order valence-electron chi connectivity index (χ0n) is 14.8. The van der Waals surface area contributed by atoms with Gasteiger partial charge in [-0.15, -0.1) is 0 Å². The molecule has 7 heteroatoms. The molecule has 2 heterocycles. The van der Waals surface area contributed by atoms with Crippen molar-refractivity contribution in [1.82, 2.24) is 20.0 Å². The first kappa shape index (κ1) is 16.8. The first-order valence-corrected chi connectivity index (χ1v) is 9.11. The van der Waals surface area contributed by atoms with Crippen LogP contribution >= 0.6 is 0 Å². The van der Waals surface area contributed by atoms with E-state index >= 15 is 0 Å². The summed E-state index contributed by atoms with van der Waals surface area (Å²) in [7, 11) is 0. The van der Waals surface area contributed by atoms with E-state index in [9.17, 15) is 14.4 Å². The Balaban J connectivity index is 1.56. The molecule has 2 fully saturated rings. The van der Waals surface area contributed by atoms with E-state index in [-0.39, 0.29) is 30.0 Å². The zero-order valence-corrected chi connectivity index (χ0v) is 14.8. The van der Waals surface area contributed by atoms with Crippen LogP contribution in [0.3, 0.4) is 0 Å². The van der Waals surface area contributed by atoms with Crippen molar-refractivity contribution in [1.29, 1.82) is 0 Å². The van der Waals surface area contributed by atoms with Gasteiger partial charge < -0.3 is 10.2 Å². The summed E-state index contributed by atoms with van der Waals surface area (Å²) in [6.07, 6.45) is 3.50. The number of nitrogens with one attached hydrogen (secondary N) is 1. The lowest BCUT2D eigenvalue weighted by Gasteiger charge is -2.24. The number of benzene rings is 1. The van der Waals surface area contributed by atoms with Gasteiger partial charge in [0, 0.05) is 18.0 Å². The third-order valence-corrected chi connectivity index (χ3v) is 5.14. The summed E-state index contributed by atoms with van der Waals surface area (Å²) in [5.74, 6) is -0.309. The predicted octanol–water partition coefficient (Wildman–Crippen LogP) is 0.975. The average molecular weight is 354 g/mol. The van der Waals surface area contributed by atoms with Crippen LogP contribution in [0, 0.1) is 6.92 Å². The minimum atomic E-state index is -0.430. The molecule has 0 unspecified atom stereocenters. The minimum absolute atomic E-state index is 0.0756. The van der Waals surface area contributed by atoms with E-state index in [0.717, 1.165) is 24.6 Å². The molecule has 1 aromatic heterocycles. The van der Waals surface area contributed by atoms with E-state index in [1.165, 1.54) is 4.68 Å². The smallest absolute Gasteiger partial charge is 0.275 e. The maximum atomic E-state index is 12.8. The van der Waals surface area contributed by atoms with Gasteiger partial charge in [-0.1, -0.05) is 18.2 Å². The number of amides is 2. The van der Waals surface area contributed by atoms with Crippen LogP contribution in [-0.4, -0.2) is 45.1 Å². The molecule has 0 bridgehead atoms. The largest absolute Gasteiger partial charge is 0.352 e. The van der Waals surface area contributed by atoms with E-state index in [1.54, 1.807) is 17.0 Å². The van der Waals surface area contributed by atoms with Gasteiger partial charge in [-0.3, -0.25) is 14.4 Å². The number of rotatable bonds is 4. The summed E-state index contributed by atoms with van der Waals surface area (Å²) in [5.41, 5.74) is 0.426. The van der Waals surface area contributed by atoms with Crippen molar-refractivity contribution in [2.24, 2.45) is 0 Å². The Morgan fingerprint density at radius 1 is 1.19 bits per heavy atom. The number of nitrogens with zero attached hydrogens (tertiary/aromatic N) is 3. The molecule has 1 N–H and O–H groups in total. The van der Waals surface area contributed by atoms with Gasteiger partial charge in [0.15, 0.2) is 0 Å². The quantitative estimate of drug-likeness (QED) is 0.887. The summed E-state index contributed by atoms with van der Waals surface area (Å²) in [4.78, 5) is 39.4. The van der Waals surface area contributed by atoms with Crippen molar-refractivity contribution in [2.75, 3.05) is 6.54 Å². The van der Waals surface area contributed by atoms with Crippen molar-refractivity contribution in [3.05, 3.63) is 40.3 Å². The monoisotopic (exact) mass is 354 g/mol. The molecule has 2 aromatic rings. The maximum Gasteiger partial charge on any atom is 0.275 e. The molecule has 1 saturated carbocycles. The van der Waals surface area contributed by atoms with Crippen LogP contribution in [0.15, 0.2) is 29.1 Å². The summed E-state index contributed by atoms with van der Waals surface area (Å²) >= 11 is 0. The van der Waals surface area contributed by atoms with Gasteiger partial charge >= 0.3 is 0 Å². The van der Waals surface area contributed by atoms with E-state index in [2.05, 4.69) is 10.4 Å². The lowest BCUT2D eigenvalue weighted by atomic mass is 10.1. The molecule has 2 aliphatic rings. The van der Waals surface area contributed by atoms with Crippen LogP contribution in [0.5, 0.6) is 0 Å². The first-order chi connectivity index (χ1) is 12.5. The Bertz CT molecular complexity index is 932. The molecule has 7 nitrogen and oxygen atoms in total. The van der Waals surface area contributed by atoms with Crippen molar-refractivity contribution < 1.29 is 9.59 Å². The van der Waals surface area contributed by atoms with Gasteiger partial charge in [-0.2, -0.15) is 5.10 Å². The van der Waals surface area contributed by atoms with Gasteiger partial charge in [0.25, 0.3) is 5.56 Å². The summed E-state index contributed by atoms with van der Waals surface area (Å²) in [5, 5.41) is 8.62. The SMILES string of the molecule is Cc1nn(CC(=O)N2CCC[C@@H]2C(=O)NC2CC2)c(=O)c2ccccc12. The Morgan fingerprint density at radius 3 is 2.65 bits per heavy atom. The standard InChI is InChI=1S/C19H22N4O3/c1-12-14-5-2-3-6-15(14)19(26)23(21-12)11-17(24)22-10-4-7-16(22)18(25)20-13-8-9-13/h2-3,5-6,13,16H,4,7-11H2,1H3,(H,20,25)/t16-/m1/s1. The highest BCUT2D eigenvalue weighted by Crippen LogP contribution is 2.22. The van der Waals surface area contributed by atoms with Crippen molar-refractivity contribution >= 4 is 22.6 Å². The molecule has 1 aliphatic carbocycles. The highest BCUT2D eigenvalue weighted by Gasteiger charge is 2.36. The first-order valence-electron chi connectivity index (χ1n) is 9.11. The normalized spacial score (nSPS) is 19.7. The second-order valence-electron chi connectivity index (χ2n) is 7.12. The van der Waals surface area contributed by atoms with Gasteiger partial charge in [0.2, 0.25) is 11.8 Å². The number of hydrogen-bond acceptors (Lipinski definition) is 4. The van der Waals surface area contributed by atoms with Crippen molar-refractivity contribution in [3.63, 3.8) is 0 Å². The number of likely N-dealkylation sites (tertiary alicyclic amines) is 1. The third-order valence-electron chi connectivity index (χ3n) is 5.14. The summed E-state index contributed by atoms with van der Waals surface area (Å²) in [6, 6.07) is 7.10. The van der Waals surface area contributed by atoms with Crippen molar-refractivity contribution in [3.8, 4) is 0 Å². The number of aryl methyl sites for hydroxylation is 1. The van der Waals surface area contributed by atoms with Crippen LogP contribution in [0.1, 0.15) is 31.4 Å². The van der Waals surface area contributed by atoms with Crippen LogP contribution in [0.4, 0.5) is 0 Å². The number of carbonyl (C=O) groups excluding carboxylic acids is 2. The maximum absolute atomic E-state index is 12.8. The summed E-state index contributed by atoms with van der Waals surface area (Å²) < 4.78 is 1.22. The van der Waals surface area contributed by atoms with Crippen LogP contribution < -0.4 is 10.9 Å². The Labute approximate surface area is 151 Å². The molecule has 0 radical (unpaired) electrons. The van der Waals surface area contributed by atoms with Crippen LogP contribution in [0.25, 0.3) is 10.8 Å². The highest BCUT2D eigenvalue weighted by molar-refractivity contribution is 5.89. The lowest BCUT2D eigenvalue weighted by molar-refractivity contribution is -0.139. The van der Waals surface area contributed by atoms with E-state index in [4.69, 9.17) is 0 Å². The molecule has 1 atom stereocenters. The van der Waals surface area contributed by atoms with Gasteiger partial charge in [0.1, 0.15) is 12.6 Å².